The van der Waals surface area contributed by atoms with Crippen LogP contribution in [0.2, 0.25) is 0 Å². The van der Waals surface area contributed by atoms with Crippen molar-refractivity contribution >= 4 is 12.0 Å². The molecule has 5 rings (SSSR count). The van der Waals surface area contributed by atoms with Gasteiger partial charge in [-0.1, -0.05) is 0 Å². The minimum absolute atomic E-state index is 0.210. The number of rotatable bonds is 3. The Labute approximate surface area is 169 Å². The first-order valence-electron chi connectivity index (χ1n) is 11.3. The Bertz CT molecular complexity index is 593. The number of likely N-dealkylation sites (tertiary alicyclic amines) is 1. The second kappa shape index (κ2) is 6.91. The van der Waals surface area contributed by atoms with Crippen LogP contribution in [0.25, 0.3) is 0 Å². The van der Waals surface area contributed by atoms with Crippen LogP contribution in [0.1, 0.15) is 85.5 Å². The lowest BCUT2D eigenvalue weighted by Crippen LogP contribution is -2.56. The highest BCUT2D eigenvalue weighted by molar-refractivity contribution is 5.77. The van der Waals surface area contributed by atoms with Crippen LogP contribution in [0.4, 0.5) is 4.79 Å². The number of nitrogens with one attached hydrogen (secondary N) is 1. The van der Waals surface area contributed by atoms with Gasteiger partial charge in [-0.3, -0.25) is 4.79 Å². The molecule has 0 aromatic carbocycles. The molecule has 4 aliphatic carbocycles. The maximum absolute atomic E-state index is 13.0. The molecule has 4 bridgehead atoms. The third kappa shape index (κ3) is 4.33. The quantitative estimate of drug-likeness (QED) is 0.772. The van der Waals surface area contributed by atoms with Gasteiger partial charge in [-0.05, 0) is 102 Å². The monoisotopic (exact) mass is 390 g/mol. The molecular weight excluding hydrogens is 352 g/mol. The summed E-state index contributed by atoms with van der Waals surface area (Å²) in [7, 11) is 0. The number of ether oxygens (including phenoxy) is 1. The Morgan fingerprint density at radius 3 is 1.96 bits per heavy atom. The van der Waals surface area contributed by atoms with Crippen molar-refractivity contribution in [2.75, 3.05) is 13.1 Å². The van der Waals surface area contributed by atoms with E-state index in [2.05, 4.69) is 12.2 Å². The summed E-state index contributed by atoms with van der Waals surface area (Å²) in [5.74, 6) is 2.88. The Balaban J connectivity index is 1.29. The molecule has 28 heavy (non-hydrogen) atoms. The fourth-order valence-electron chi connectivity index (χ4n) is 6.86. The predicted molar refractivity (Wildman–Crippen MR) is 109 cm³/mol. The minimum Gasteiger partial charge on any atom is -0.444 e. The number of hydrogen-bond acceptors (Lipinski definition) is 3. The first kappa shape index (κ1) is 20.0. The van der Waals surface area contributed by atoms with E-state index in [0.29, 0.717) is 19.5 Å². The largest absolute Gasteiger partial charge is 0.444 e. The van der Waals surface area contributed by atoms with Crippen LogP contribution in [0.5, 0.6) is 0 Å². The zero-order chi connectivity index (χ0) is 20.2. The SMILES string of the molecule is CC1(NC(=O)CC23CC4CC(CC(C4)C2)C3)CCN(C(=O)OC(C)(C)C)CC1. The van der Waals surface area contributed by atoms with Crippen molar-refractivity contribution in [1.82, 2.24) is 10.2 Å². The van der Waals surface area contributed by atoms with E-state index in [1.807, 2.05) is 20.8 Å². The van der Waals surface area contributed by atoms with E-state index >= 15 is 0 Å². The van der Waals surface area contributed by atoms with Crippen molar-refractivity contribution in [1.29, 1.82) is 0 Å². The molecule has 0 spiro atoms. The second-order valence-corrected chi connectivity index (χ2v) is 11.7. The van der Waals surface area contributed by atoms with Gasteiger partial charge in [-0.15, -0.1) is 0 Å². The number of hydrogen-bond donors (Lipinski definition) is 1. The standard InChI is InChI=1S/C23H38N2O3/c1-21(2,3)28-20(27)25-7-5-22(4,6-8-25)24-19(26)15-23-12-16-9-17(13-23)11-18(10-16)14-23/h16-18H,5-15H2,1-4H3,(H,24,26). The number of carbonyl (C=O) groups is 2. The molecule has 0 unspecified atom stereocenters. The average molecular weight is 391 g/mol. The molecule has 4 saturated carbocycles. The highest BCUT2D eigenvalue weighted by atomic mass is 16.6. The van der Waals surface area contributed by atoms with Crippen LogP contribution >= 0.6 is 0 Å². The highest BCUT2D eigenvalue weighted by Gasteiger charge is 2.51. The zero-order valence-corrected chi connectivity index (χ0v) is 18.2. The molecule has 1 heterocycles. The first-order valence-corrected chi connectivity index (χ1v) is 11.3. The van der Waals surface area contributed by atoms with Crippen LogP contribution in [0, 0.1) is 23.2 Å². The maximum Gasteiger partial charge on any atom is 0.410 e. The summed E-state index contributed by atoms with van der Waals surface area (Å²) in [5.41, 5.74) is -0.395. The van der Waals surface area contributed by atoms with E-state index in [4.69, 9.17) is 4.74 Å². The Hall–Kier alpha value is -1.26. The Kier molecular flexibility index (Phi) is 4.95. The number of amides is 2. The molecule has 0 atom stereocenters. The van der Waals surface area contributed by atoms with Gasteiger partial charge in [0, 0.05) is 25.0 Å². The average Bonchev–Trinajstić information content (AvgIpc) is 2.51. The molecule has 5 nitrogen and oxygen atoms in total. The van der Waals surface area contributed by atoms with Gasteiger partial charge in [-0.2, -0.15) is 0 Å². The van der Waals surface area contributed by atoms with Crippen molar-refractivity contribution in [3.05, 3.63) is 0 Å². The Morgan fingerprint density at radius 1 is 1.00 bits per heavy atom. The van der Waals surface area contributed by atoms with Crippen LogP contribution in [-0.2, 0) is 9.53 Å². The van der Waals surface area contributed by atoms with Gasteiger partial charge >= 0.3 is 6.09 Å². The molecule has 1 aliphatic heterocycles. The summed E-state index contributed by atoms with van der Waals surface area (Å²) in [6.07, 6.45) is 10.1. The van der Waals surface area contributed by atoms with E-state index in [1.54, 1.807) is 4.90 Å². The molecule has 1 saturated heterocycles. The topological polar surface area (TPSA) is 58.6 Å². The maximum atomic E-state index is 13.0. The zero-order valence-electron chi connectivity index (χ0n) is 18.2. The number of nitrogens with zero attached hydrogens (tertiary/aromatic N) is 1. The van der Waals surface area contributed by atoms with Crippen LogP contribution in [0.15, 0.2) is 0 Å². The van der Waals surface area contributed by atoms with Crippen LogP contribution < -0.4 is 5.32 Å². The minimum atomic E-state index is -0.468. The smallest absolute Gasteiger partial charge is 0.410 e. The molecular formula is C23H38N2O3. The van der Waals surface area contributed by atoms with Crippen LogP contribution in [-0.4, -0.2) is 41.1 Å². The molecule has 158 valence electrons. The molecule has 5 fully saturated rings. The van der Waals surface area contributed by atoms with E-state index in [9.17, 15) is 9.59 Å². The third-order valence-electron chi connectivity index (χ3n) is 7.66. The molecule has 2 amide bonds. The normalized spacial score (nSPS) is 36.3. The fraction of sp³-hybridized carbons (Fsp3) is 0.913. The summed E-state index contributed by atoms with van der Waals surface area (Å²) in [6, 6.07) is 0. The molecule has 1 N–H and O–H groups in total. The van der Waals surface area contributed by atoms with Crippen molar-refractivity contribution in [3.63, 3.8) is 0 Å². The number of carbonyl (C=O) groups excluding carboxylic acids is 2. The van der Waals surface area contributed by atoms with Crippen LogP contribution in [0.3, 0.4) is 0 Å². The molecule has 0 aromatic rings. The second-order valence-electron chi connectivity index (χ2n) is 11.7. The summed E-state index contributed by atoms with van der Waals surface area (Å²) >= 11 is 0. The van der Waals surface area contributed by atoms with Gasteiger partial charge in [0.05, 0.1) is 0 Å². The van der Waals surface area contributed by atoms with Gasteiger partial charge in [0.25, 0.3) is 0 Å². The van der Waals surface area contributed by atoms with Crippen molar-refractivity contribution < 1.29 is 14.3 Å². The lowest BCUT2D eigenvalue weighted by molar-refractivity contribution is -0.131. The molecule has 0 radical (unpaired) electrons. The summed E-state index contributed by atoms with van der Waals surface area (Å²) in [5, 5.41) is 3.36. The van der Waals surface area contributed by atoms with Gasteiger partial charge in [0.15, 0.2) is 0 Å². The van der Waals surface area contributed by atoms with Gasteiger partial charge in [0.1, 0.15) is 5.60 Å². The van der Waals surface area contributed by atoms with Gasteiger partial charge in [0.2, 0.25) is 5.91 Å². The van der Waals surface area contributed by atoms with Gasteiger partial charge < -0.3 is 15.0 Å². The van der Waals surface area contributed by atoms with E-state index < -0.39 is 5.60 Å². The van der Waals surface area contributed by atoms with Gasteiger partial charge in [-0.25, -0.2) is 4.79 Å². The molecule has 5 aliphatic rings. The van der Waals surface area contributed by atoms with E-state index in [1.165, 1.54) is 38.5 Å². The molecule has 0 aromatic heterocycles. The third-order valence-corrected chi connectivity index (χ3v) is 7.66. The highest BCUT2D eigenvalue weighted by Crippen LogP contribution is 2.61. The van der Waals surface area contributed by atoms with Crippen molar-refractivity contribution in [2.24, 2.45) is 23.2 Å². The van der Waals surface area contributed by atoms with E-state index in [0.717, 1.165) is 30.6 Å². The Morgan fingerprint density at radius 2 is 1.50 bits per heavy atom. The van der Waals surface area contributed by atoms with Crippen molar-refractivity contribution in [3.8, 4) is 0 Å². The lowest BCUT2D eigenvalue weighted by Gasteiger charge is -2.56. The summed E-state index contributed by atoms with van der Waals surface area (Å²) in [6.45, 7) is 9.10. The first-order chi connectivity index (χ1) is 13.0. The summed E-state index contributed by atoms with van der Waals surface area (Å²) in [4.78, 5) is 27.0. The lowest BCUT2D eigenvalue weighted by atomic mass is 9.49. The fourth-order valence-corrected chi connectivity index (χ4v) is 6.86. The van der Waals surface area contributed by atoms with E-state index in [-0.39, 0.29) is 23.0 Å². The predicted octanol–water partition coefficient (Wildman–Crippen LogP) is 4.50. The summed E-state index contributed by atoms with van der Waals surface area (Å²) < 4.78 is 5.48. The van der Waals surface area contributed by atoms with Crippen molar-refractivity contribution in [2.45, 2.75) is 96.6 Å². The number of piperidine rings is 1. The molecule has 5 heteroatoms.